The summed E-state index contributed by atoms with van der Waals surface area (Å²) in [5.41, 5.74) is 0.585. The number of rotatable bonds is 13. The van der Waals surface area contributed by atoms with Crippen LogP contribution in [0.25, 0.3) is 0 Å². The van der Waals surface area contributed by atoms with Gasteiger partial charge in [-0.15, -0.1) is 0 Å². The van der Waals surface area contributed by atoms with E-state index in [2.05, 4.69) is 29.4 Å². The van der Waals surface area contributed by atoms with Gasteiger partial charge < -0.3 is 25.0 Å². The van der Waals surface area contributed by atoms with Crippen LogP contribution < -0.4 is 20.1 Å². The van der Waals surface area contributed by atoms with Crippen molar-refractivity contribution >= 4 is 17.5 Å². The molecule has 0 radical (unpaired) electrons. The molecule has 7 nitrogen and oxygen atoms in total. The zero-order valence-corrected chi connectivity index (χ0v) is 17.8. The maximum Gasteiger partial charge on any atom is 0.224 e. The summed E-state index contributed by atoms with van der Waals surface area (Å²) in [5, 5.41) is 5.78. The van der Waals surface area contributed by atoms with Crippen LogP contribution in [-0.2, 0) is 9.59 Å². The van der Waals surface area contributed by atoms with E-state index in [1.54, 1.807) is 25.3 Å². The predicted molar refractivity (Wildman–Crippen MR) is 112 cm³/mol. The maximum atomic E-state index is 12.3. The van der Waals surface area contributed by atoms with Crippen LogP contribution in [0.15, 0.2) is 18.2 Å². The number of methoxy groups -OCH3 is 2. The Hall–Kier alpha value is -2.28. The summed E-state index contributed by atoms with van der Waals surface area (Å²) in [6.45, 7) is 9.87. The van der Waals surface area contributed by atoms with E-state index in [0.717, 1.165) is 26.1 Å². The monoisotopic (exact) mass is 393 g/mol. The highest BCUT2D eigenvalue weighted by Crippen LogP contribution is 2.29. The molecular formula is C21H35N3O4. The van der Waals surface area contributed by atoms with Gasteiger partial charge in [-0.05, 0) is 44.1 Å². The Labute approximate surface area is 168 Å². The zero-order chi connectivity index (χ0) is 20.9. The second kappa shape index (κ2) is 13.0. The molecule has 1 rings (SSSR count). The van der Waals surface area contributed by atoms with Gasteiger partial charge >= 0.3 is 0 Å². The summed E-state index contributed by atoms with van der Waals surface area (Å²) in [7, 11) is 3.11. The second-order valence-corrected chi connectivity index (χ2v) is 6.86. The molecule has 2 amide bonds. The standard InChI is InChI=1S/C21H35N3O4/c1-6-24(7-2)12-8-11-22-20(25)13-16(3)14-21(26)23-18-10-9-17(27-4)15-19(18)28-5/h9-10,15-16H,6-8,11-14H2,1-5H3,(H,22,25)(H,23,26)/t16-/m0/s1. The van der Waals surface area contributed by atoms with Gasteiger partial charge in [0, 0.05) is 25.5 Å². The van der Waals surface area contributed by atoms with Gasteiger partial charge in [0.1, 0.15) is 11.5 Å². The molecule has 158 valence electrons. The van der Waals surface area contributed by atoms with Crippen molar-refractivity contribution in [3.05, 3.63) is 18.2 Å². The third-order valence-electron chi connectivity index (χ3n) is 4.62. The summed E-state index contributed by atoms with van der Waals surface area (Å²) in [6, 6.07) is 5.21. The van der Waals surface area contributed by atoms with Gasteiger partial charge in [0.05, 0.1) is 19.9 Å². The number of hydrogen-bond acceptors (Lipinski definition) is 5. The first-order chi connectivity index (χ1) is 13.4. The molecule has 0 spiro atoms. The topological polar surface area (TPSA) is 79.9 Å². The number of nitrogens with zero attached hydrogens (tertiary/aromatic N) is 1. The molecule has 28 heavy (non-hydrogen) atoms. The van der Waals surface area contributed by atoms with Gasteiger partial charge in [-0.2, -0.15) is 0 Å². The number of benzene rings is 1. The first kappa shape index (κ1) is 23.8. The van der Waals surface area contributed by atoms with E-state index in [0.29, 0.717) is 30.2 Å². The summed E-state index contributed by atoms with van der Waals surface area (Å²) in [5.74, 6) is 0.978. The van der Waals surface area contributed by atoms with Gasteiger partial charge in [0.2, 0.25) is 11.8 Å². The summed E-state index contributed by atoms with van der Waals surface area (Å²) < 4.78 is 10.4. The smallest absolute Gasteiger partial charge is 0.224 e. The molecule has 0 bridgehead atoms. The molecule has 0 aliphatic rings. The van der Waals surface area contributed by atoms with Crippen LogP contribution in [0.1, 0.15) is 40.0 Å². The molecule has 1 atom stereocenters. The van der Waals surface area contributed by atoms with Gasteiger partial charge in [-0.25, -0.2) is 0 Å². The van der Waals surface area contributed by atoms with Crippen LogP contribution >= 0.6 is 0 Å². The summed E-state index contributed by atoms with van der Waals surface area (Å²) in [4.78, 5) is 26.7. The van der Waals surface area contributed by atoms with E-state index in [1.807, 2.05) is 6.92 Å². The Morgan fingerprint density at radius 1 is 1.07 bits per heavy atom. The number of hydrogen-bond donors (Lipinski definition) is 2. The lowest BCUT2D eigenvalue weighted by molar-refractivity contribution is -0.122. The number of nitrogens with one attached hydrogen (secondary N) is 2. The zero-order valence-electron chi connectivity index (χ0n) is 17.8. The third-order valence-corrected chi connectivity index (χ3v) is 4.62. The Morgan fingerprint density at radius 2 is 1.75 bits per heavy atom. The van der Waals surface area contributed by atoms with Crippen LogP contribution in [-0.4, -0.2) is 57.1 Å². The predicted octanol–water partition coefficient (Wildman–Crippen LogP) is 2.91. The minimum Gasteiger partial charge on any atom is -0.497 e. The van der Waals surface area contributed by atoms with Crippen LogP contribution in [0.3, 0.4) is 0 Å². The summed E-state index contributed by atoms with van der Waals surface area (Å²) >= 11 is 0. The van der Waals surface area contributed by atoms with E-state index >= 15 is 0 Å². The lowest BCUT2D eigenvalue weighted by Gasteiger charge is -2.18. The van der Waals surface area contributed by atoms with Gasteiger partial charge in [0.25, 0.3) is 0 Å². The van der Waals surface area contributed by atoms with E-state index in [1.165, 1.54) is 7.11 Å². The van der Waals surface area contributed by atoms with Crippen molar-refractivity contribution in [2.45, 2.75) is 40.0 Å². The van der Waals surface area contributed by atoms with E-state index in [-0.39, 0.29) is 24.2 Å². The van der Waals surface area contributed by atoms with Crippen molar-refractivity contribution in [3.63, 3.8) is 0 Å². The minimum absolute atomic E-state index is 0.0122. The van der Waals surface area contributed by atoms with E-state index in [9.17, 15) is 9.59 Å². The average molecular weight is 394 g/mol. The van der Waals surface area contributed by atoms with Crippen LogP contribution in [0.5, 0.6) is 11.5 Å². The second-order valence-electron chi connectivity index (χ2n) is 6.86. The van der Waals surface area contributed by atoms with Crippen molar-refractivity contribution < 1.29 is 19.1 Å². The Morgan fingerprint density at radius 3 is 2.36 bits per heavy atom. The molecule has 0 fully saturated rings. The van der Waals surface area contributed by atoms with E-state index in [4.69, 9.17) is 9.47 Å². The molecule has 0 unspecified atom stereocenters. The highest BCUT2D eigenvalue weighted by molar-refractivity contribution is 5.92. The molecule has 1 aromatic rings. The summed E-state index contributed by atoms with van der Waals surface area (Å²) in [6.07, 6.45) is 1.53. The van der Waals surface area contributed by atoms with Gasteiger partial charge in [-0.3, -0.25) is 9.59 Å². The Kier molecular flexibility index (Phi) is 11.0. The normalized spacial score (nSPS) is 11.8. The average Bonchev–Trinajstić information content (AvgIpc) is 2.68. The minimum atomic E-state index is -0.148. The van der Waals surface area contributed by atoms with Crippen molar-refractivity contribution in [1.29, 1.82) is 0 Å². The molecule has 1 aromatic carbocycles. The van der Waals surface area contributed by atoms with Crippen molar-refractivity contribution in [2.24, 2.45) is 5.92 Å². The van der Waals surface area contributed by atoms with Crippen molar-refractivity contribution in [2.75, 3.05) is 45.7 Å². The number of ether oxygens (including phenoxy) is 2. The SMILES string of the molecule is CCN(CC)CCCNC(=O)C[C@H](C)CC(=O)Nc1ccc(OC)cc1OC. The Balaban J connectivity index is 2.37. The first-order valence-electron chi connectivity index (χ1n) is 9.94. The number of carbonyl (C=O) groups excluding carboxylic acids is 2. The fourth-order valence-electron chi connectivity index (χ4n) is 2.95. The van der Waals surface area contributed by atoms with Crippen LogP contribution in [0, 0.1) is 5.92 Å². The lowest BCUT2D eigenvalue weighted by atomic mass is 10.0. The maximum absolute atomic E-state index is 12.3. The van der Waals surface area contributed by atoms with Gasteiger partial charge in [0.15, 0.2) is 0 Å². The lowest BCUT2D eigenvalue weighted by Crippen LogP contribution is -2.31. The van der Waals surface area contributed by atoms with Crippen LogP contribution in [0.2, 0.25) is 0 Å². The molecule has 7 heteroatoms. The quantitative estimate of drug-likeness (QED) is 0.504. The number of anilines is 1. The highest BCUT2D eigenvalue weighted by atomic mass is 16.5. The van der Waals surface area contributed by atoms with Crippen molar-refractivity contribution in [1.82, 2.24) is 10.2 Å². The van der Waals surface area contributed by atoms with E-state index < -0.39 is 0 Å². The molecule has 0 aromatic heterocycles. The molecule has 2 N–H and O–H groups in total. The van der Waals surface area contributed by atoms with Crippen LogP contribution in [0.4, 0.5) is 5.69 Å². The number of carbonyl (C=O) groups is 2. The fourth-order valence-corrected chi connectivity index (χ4v) is 2.95. The molecular weight excluding hydrogens is 358 g/mol. The third kappa shape index (κ3) is 8.61. The molecule has 0 aliphatic carbocycles. The molecule has 0 saturated carbocycles. The highest BCUT2D eigenvalue weighted by Gasteiger charge is 2.15. The van der Waals surface area contributed by atoms with Gasteiger partial charge in [-0.1, -0.05) is 20.8 Å². The fraction of sp³-hybridized carbons (Fsp3) is 0.619. The van der Waals surface area contributed by atoms with Crippen molar-refractivity contribution in [3.8, 4) is 11.5 Å². The largest absolute Gasteiger partial charge is 0.497 e. The molecule has 0 saturated heterocycles. The molecule has 0 heterocycles. The number of amides is 2. The first-order valence-corrected chi connectivity index (χ1v) is 9.94. The Bertz CT molecular complexity index is 618. The molecule has 0 aliphatic heterocycles.